The number of phenols is 1. The highest BCUT2D eigenvalue weighted by molar-refractivity contribution is 7.92. The molecule has 11 heteroatoms. The Morgan fingerprint density at radius 2 is 1.74 bits per heavy atom. The van der Waals surface area contributed by atoms with Gasteiger partial charge in [-0.15, -0.1) is 0 Å². The number of hydrogen-bond donors (Lipinski definition) is 4. The molecule has 0 saturated heterocycles. The van der Waals surface area contributed by atoms with Crippen LogP contribution in [0.1, 0.15) is 22.3 Å². The maximum absolute atomic E-state index is 13.1. The summed E-state index contributed by atoms with van der Waals surface area (Å²) in [6.07, 6.45) is -0.130. The highest BCUT2D eigenvalue weighted by Crippen LogP contribution is 2.28. The van der Waals surface area contributed by atoms with Crippen molar-refractivity contribution in [3.8, 4) is 11.5 Å². The number of amides is 1. The Hall–Kier alpha value is -3.76. The van der Waals surface area contributed by atoms with Crippen LogP contribution < -0.4 is 14.8 Å². The number of carbonyl (C=O) groups excluding carboxylic acids is 1. The Labute approximate surface area is 201 Å². The van der Waals surface area contributed by atoms with Crippen LogP contribution in [0.2, 0.25) is 5.02 Å². The Bertz CT molecular complexity index is 1330. The van der Waals surface area contributed by atoms with Crippen molar-refractivity contribution in [3.63, 3.8) is 0 Å². The van der Waals surface area contributed by atoms with Gasteiger partial charge in [0.05, 0.1) is 23.3 Å². The van der Waals surface area contributed by atoms with Crippen LogP contribution in [0.15, 0.2) is 65.6 Å². The number of anilines is 2. The highest BCUT2D eigenvalue weighted by Gasteiger charge is 2.21. The molecule has 178 valence electrons. The number of phenolic OH excluding ortho intramolecular Hbond substituents is 1. The van der Waals surface area contributed by atoms with Gasteiger partial charge in [-0.2, -0.15) is 0 Å². The van der Waals surface area contributed by atoms with Crippen LogP contribution >= 0.6 is 11.6 Å². The van der Waals surface area contributed by atoms with E-state index in [9.17, 15) is 23.1 Å². The number of sulfonamides is 1. The lowest BCUT2D eigenvalue weighted by atomic mass is 10.1. The largest absolute Gasteiger partial charge is 0.508 e. The van der Waals surface area contributed by atoms with Crippen LogP contribution in [-0.4, -0.2) is 37.6 Å². The number of aryl methyl sites for hydroxylation is 1. The summed E-state index contributed by atoms with van der Waals surface area (Å²) in [7, 11) is -2.75. The van der Waals surface area contributed by atoms with Crippen molar-refractivity contribution < 1.29 is 33.0 Å². The van der Waals surface area contributed by atoms with Crippen molar-refractivity contribution in [2.75, 3.05) is 17.1 Å². The number of carboxylic acids is 1. The van der Waals surface area contributed by atoms with E-state index in [-0.39, 0.29) is 39.8 Å². The first kappa shape index (κ1) is 24.9. The van der Waals surface area contributed by atoms with E-state index in [0.29, 0.717) is 17.0 Å². The van der Waals surface area contributed by atoms with Crippen LogP contribution in [0, 0.1) is 0 Å². The molecule has 9 nitrogen and oxygen atoms in total. The van der Waals surface area contributed by atoms with Crippen LogP contribution in [0.25, 0.3) is 0 Å². The molecule has 3 rings (SSSR count). The van der Waals surface area contributed by atoms with Gasteiger partial charge in [0, 0.05) is 17.1 Å². The summed E-state index contributed by atoms with van der Waals surface area (Å²) in [6, 6.07) is 14.0. The summed E-state index contributed by atoms with van der Waals surface area (Å²) in [4.78, 5) is 23.7. The lowest BCUT2D eigenvalue weighted by molar-refractivity contribution is -0.136. The first-order chi connectivity index (χ1) is 16.1. The fraction of sp³-hybridized carbons (Fsp3) is 0.130. The van der Waals surface area contributed by atoms with E-state index in [4.69, 9.17) is 21.4 Å². The van der Waals surface area contributed by atoms with E-state index in [1.54, 1.807) is 0 Å². The lowest BCUT2D eigenvalue weighted by Crippen LogP contribution is -2.19. The summed E-state index contributed by atoms with van der Waals surface area (Å²) >= 11 is 6.04. The van der Waals surface area contributed by atoms with E-state index in [2.05, 4.69) is 10.0 Å². The third kappa shape index (κ3) is 6.18. The topological polar surface area (TPSA) is 142 Å². The average Bonchev–Trinajstić information content (AvgIpc) is 2.79. The zero-order valence-corrected chi connectivity index (χ0v) is 19.5. The van der Waals surface area contributed by atoms with Crippen molar-refractivity contribution in [1.82, 2.24) is 0 Å². The van der Waals surface area contributed by atoms with Gasteiger partial charge in [0.25, 0.3) is 15.9 Å². The van der Waals surface area contributed by atoms with E-state index < -0.39 is 21.9 Å². The maximum Gasteiger partial charge on any atom is 0.303 e. The first-order valence-electron chi connectivity index (χ1n) is 9.90. The maximum atomic E-state index is 13.1. The van der Waals surface area contributed by atoms with Gasteiger partial charge in [0.15, 0.2) is 0 Å². The van der Waals surface area contributed by atoms with E-state index >= 15 is 0 Å². The van der Waals surface area contributed by atoms with Crippen molar-refractivity contribution in [3.05, 3.63) is 76.8 Å². The standard InChI is InChI=1S/C23H21ClN2O7S/c1-33-21-10-8-18(12-14(21)2-11-22(28)29)34(31,32)26-20-9-3-15(24)13-19(20)23(30)25-16-4-6-17(27)7-5-16/h3-10,12-13,26-27H,2,11H2,1H3,(H,25,30)(H,28,29). The minimum absolute atomic E-state index is 0.0106. The van der Waals surface area contributed by atoms with Gasteiger partial charge in [-0.1, -0.05) is 11.6 Å². The van der Waals surface area contributed by atoms with Gasteiger partial charge >= 0.3 is 5.97 Å². The van der Waals surface area contributed by atoms with Crippen LogP contribution in [0.3, 0.4) is 0 Å². The molecule has 0 heterocycles. The third-order valence-electron chi connectivity index (χ3n) is 4.77. The summed E-state index contributed by atoms with van der Waals surface area (Å²) in [5.41, 5.74) is 0.760. The molecule has 0 fully saturated rings. The molecule has 1 amide bonds. The molecule has 0 spiro atoms. The van der Waals surface area contributed by atoms with Gasteiger partial charge in [0.2, 0.25) is 0 Å². The fourth-order valence-corrected chi connectivity index (χ4v) is 4.40. The van der Waals surface area contributed by atoms with E-state index in [1.165, 1.54) is 67.8 Å². The minimum Gasteiger partial charge on any atom is -0.508 e. The van der Waals surface area contributed by atoms with E-state index in [0.717, 1.165) is 0 Å². The van der Waals surface area contributed by atoms with Crippen molar-refractivity contribution in [2.24, 2.45) is 0 Å². The molecule has 0 aromatic heterocycles. The number of carbonyl (C=O) groups is 2. The predicted molar refractivity (Wildman–Crippen MR) is 127 cm³/mol. The van der Waals surface area contributed by atoms with Crippen LogP contribution in [-0.2, 0) is 21.2 Å². The molecule has 34 heavy (non-hydrogen) atoms. The smallest absolute Gasteiger partial charge is 0.303 e. The first-order valence-corrected chi connectivity index (χ1v) is 11.8. The molecule has 0 atom stereocenters. The number of rotatable bonds is 9. The molecular formula is C23H21ClN2O7S. The van der Waals surface area contributed by atoms with Crippen molar-refractivity contribution in [2.45, 2.75) is 17.7 Å². The van der Waals surface area contributed by atoms with Crippen LogP contribution in [0.4, 0.5) is 11.4 Å². The molecule has 0 aliphatic carbocycles. The van der Waals surface area contributed by atoms with Crippen molar-refractivity contribution in [1.29, 1.82) is 0 Å². The van der Waals surface area contributed by atoms with Crippen molar-refractivity contribution >= 4 is 44.9 Å². The predicted octanol–water partition coefficient (Wildman–Crippen LogP) is 4.12. The number of benzene rings is 3. The molecule has 0 bridgehead atoms. The van der Waals surface area contributed by atoms with E-state index in [1.807, 2.05) is 0 Å². The van der Waals surface area contributed by atoms with Crippen LogP contribution in [0.5, 0.6) is 11.5 Å². The van der Waals surface area contributed by atoms with Gasteiger partial charge in [0.1, 0.15) is 11.5 Å². The lowest BCUT2D eigenvalue weighted by Gasteiger charge is -2.15. The Kier molecular flexibility index (Phi) is 7.64. The zero-order chi connectivity index (χ0) is 24.9. The molecule has 0 saturated carbocycles. The Morgan fingerprint density at radius 1 is 1.03 bits per heavy atom. The molecule has 3 aromatic carbocycles. The third-order valence-corrected chi connectivity index (χ3v) is 6.36. The number of aromatic hydroxyl groups is 1. The molecular weight excluding hydrogens is 484 g/mol. The summed E-state index contributed by atoms with van der Waals surface area (Å²) in [6.45, 7) is 0. The summed E-state index contributed by atoms with van der Waals surface area (Å²) in [5.74, 6) is -1.27. The summed E-state index contributed by atoms with van der Waals surface area (Å²) < 4.78 is 33.8. The quantitative estimate of drug-likeness (QED) is 0.321. The molecule has 3 aromatic rings. The molecule has 0 radical (unpaired) electrons. The van der Waals surface area contributed by atoms with Gasteiger partial charge < -0.3 is 20.3 Å². The monoisotopic (exact) mass is 504 g/mol. The average molecular weight is 505 g/mol. The number of nitrogens with one attached hydrogen (secondary N) is 2. The second-order valence-electron chi connectivity index (χ2n) is 7.16. The molecule has 4 N–H and O–H groups in total. The number of methoxy groups -OCH3 is 1. The zero-order valence-electron chi connectivity index (χ0n) is 17.9. The minimum atomic E-state index is -4.16. The number of carboxylic acid groups (broad SMARTS) is 1. The second-order valence-corrected chi connectivity index (χ2v) is 9.28. The molecule has 0 aliphatic heterocycles. The highest BCUT2D eigenvalue weighted by atomic mass is 35.5. The summed E-state index contributed by atoms with van der Waals surface area (Å²) in [5, 5.41) is 21.2. The SMILES string of the molecule is COc1ccc(S(=O)(=O)Nc2ccc(Cl)cc2C(=O)Nc2ccc(O)cc2)cc1CCC(=O)O. The number of halogens is 1. The second kappa shape index (κ2) is 10.4. The Morgan fingerprint density at radius 3 is 2.38 bits per heavy atom. The number of hydrogen-bond acceptors (Lipinski definition) is 6. The number of ether oxygens (including phenoxy) is 1. The van der Waals surface area contributed by atoms with Gasteiger partial charge in [-0.25, -0.2) is 8.42 Å². The van der Waals surface area contributed by atoms with Gasteiger partial charge in [-0.05, 0) is 72.6 Å². The van der Waals surface area contributed by atoms with Gasteiger partial charge in [-0.3, -0.25) is 14.3 Å². The normalized spacial score (nSPS) is 11.0. The molecule has 0 aliphatic rings. The number of aliphatic carboxylic acids is 1. The Balaban J connectivity index is 1.91. The fourth-order valence-electron chi connectivity index (χ4n) is 3.10. The molecule has 0 unspecified atom stereocenters.